The molecule has 180 valence electrons. The van der Waals surface area contributed by atoms with Gasteiger partial charge in [0.2, 0.25) is 0 Å². The van der Waals surface area contributed by atoms with Crippen molar-refractivity contribution in [3.63, 3.8) is 0 Å². The Hall–Kier alpha value is -5.45. The lowest BCUT2D eigenvalue weighted by molar-refractivity contribution is 0.0676. The molecule has 1 amide bonds. The van der Waals surface area contributed by atoms with Crippen molar-refractivity contribution in [1.29, 1.82) is 0 Å². The number of amides is 1. The summed E-state index contributed by atoms with van der Waals surface area (Å²) in [7, 11) is 0. The standard InChI is InChI=1S/C25H17N3O8/c29-19-9-16(24(33)34)15(8-17(19)25(35)36)22(30)28-21-14(23(31)32)7-6-13(12-4-2-1-3-5-12)20(21)18-10-26-11-27-18/h1-11,29H,(H,26,27)(H,28,30)(H,31,32)(H,33,34)(H,35,36). The second-order valence-corrected chi connectivity index (χ2v) is 7.53. The lowest BCUT2D eigenvalue weighted by Gasteiger charge is -2.18. The Morgan fingerprint density at radius 1 is 0.778 bits per heavy atom. The molecule has 0 bridgehead atoms. The van der Waals surface area contributed by atoms with Crippen LogP contribution >= 0.6 is 0 Å². The average molecular weight is 487 g/mol. The summed E-state index contributed by atoms with van der Waals surface area (Å²) >= 11 is 0. The van der Waals surface area contributed by atoms with E-state index in [0.29, 0.717) is 29.0 Å². The first kappa shape index (κ1) is 23.7. The molecule has 0 aliphatic rings. The molecular weight excluding hydrogens is 470 g/mol. The van der Waals surface area contributed by atoms with E-state index in [1.54, 1.807) is 36.4 Å². The van der Waals surface area contributed by atoms with Crippen LogP contribution in [0.1, 0.15) is 41.4 Å². The van der Waals surface area contributed by atoms with Crippen LogP contribution in [0, 0.1) is 0 Å². The average Bonchev–Trinajstić information content (AvgIpc) is 3.38. The molecule has 11 nitrogen and oxygen atoms in total. The summed E-state index contributed by atoms with van der Waals surface area (Å²) in [5.41, 5.74) is -0.571. The summed E-state index contributed by atoms with van der Waals surface area (Å²) in [6.45, 7) is 0. The maximum Gasteiger partial charge on any atom is 0.339 e. The second kappa shape index (κ2) is 9.43. The van der Waals surface area contributed by atoms with Gasteiger partial charge in [-0.2, -0.15) is 0 Å². The van der Waals surface area contributed by atoms with Crippen molar-refractivity contribution in [2.75, 3.05) is 5.32 Å². The van der Waals surface area contributed by atoms with Crippen LogP contribution in [0.5, 0.6) is 5.75 Å². The fourth-order valence-corrected chi connectivity index (χ4v) is 3.75. The Morgan fingerprint density at radius 3 is 2.03 bits per heavy atom. The number of aromatic carboxylic acids is 3. The minimum Gasteiger partial charge on any atom is -0.507 e. The number of hydrogen-bond donors (Lipinski definition) is 6. The van der Waals surface area contributed by atoms with Gasteiger partial charge in [0.05, 0.1) is 40.6 Å². The summed E-state index contributed by atoms with van der Waals surface area (Å²) < 4.78 is 0. The minimum atomic E-state index is -1.60. The van der Waals surface area contributed by atoms with Crippen LogP contribution in [0.25, 0.3) is 22.4 Å². The zero-order valence-electron chi connectivity index (χ0n) is 18.2. The van der Waals surface area contributed by atoms with E-state index in [0.717, 1.165) is 0 Å². The fraction of sp³-hybridized carbons (Fsp3) is 0. The summed E-state index contributed by atoms with van der Waals surface area (Å²) in [4.78, 5) is 55.5. The molecule has 0 aliphatic carbocycles. The maximum absolute atomic E-state index is 13.3. The number of anilines is 1. The fourth-order valence-electron chi connectivity index (χ4n) is 3.75. The molecule has 1 aromatic heterocycles. The van der Waals surface area contributed by atoms with Crippen molar-refractivity contribution < 1.29 is 39.6 Å². The molecule has 4 aromatic rings. The summed E-state index contributed by atoms with van der Waals surface area (Å²) in [5.74, 6) is -6.50. The second-order valence-electron chi connectivity index (χ2n) is 7.53. The molecule has 3 aromatic carbocycles. The summed E-state index contributed by atoms with van der Waals surface area (Å²) in [6.07, 6.45) is 2.79. The van der Waals surface area contributed by atoms with Gasteiger partial charge in [0.25, 0.3) is 5.91 Å². The number of aromatic amines is 1. The molecule has 0 spiro atoms. The maximum atomic E-state index is 13.3. The third kappa shape index (κ3) is 4.35. The van der Waals surface area contributed by atoms with E-state index in [1.165, 1.54) is 18.6 Å². The molecule has 0 saturated carbocycles. The highest BCUT2D eigenvalue weighted by Crippen LogP contribution is 2.39. The summed E-state index contributed by atoms with van der Waals surface area (Å²) in [5, 5.41) is 41.0. The topological polar surface area (TPSA) is 190 Å². The van der Waals surface area contributed by atoms with Crippen LogP contribution in [0.15, 0.2) is 67.1 Å². The van der Waals surface area contributed by atoms with Crippen LogP contribution in [0.4, 0.5) is 5.69 Å². The van der Waals surface area contributed by atoms with Gasteiger partial charge in [-0.25, -0.2) is 19.4 Å². The predicted octanol–water partition coefficient (Wildman–Crippen LogP) is 3.80. The Labute approximate surface area is 202 Å². The van der Waals surface area contributed by atoms with Crippen LogP contribution in [0.2, 0.25) is 0 Å². The number of aromatic nitrogens is 2. The molecule has 36 heavy (non-hydrogen) atoms. The molecular formula is C25H17N3O8. The summed E-state index contributed by atoms with van der Waals surface area (Å²) in [6, 6.07) is 13.1. The van der Waals surface area contributed by atoms with Gasteiger partial charge in [0.15, 0.2) is 0 Å². The molecule has 0 fully saturated rings. The number of carbonyl (C=O) groups is 4. The molecule has 0 unspecified atom stereocenters. The van der Waals surface area contributed by atoms with Gasteiger partial charge in [0, 0.05) is 5.56 Å². The van der Waals surface area contributed by atoms with Gasteiger partial charge in [0.1, 0.15) is 11.3 Å². The first-order valence-corrected chi connectivity index (χ1v) is 10.3. The van der Waals surface area contributed by atoms with Crippen molar-refractivity contribution >= 4 is 29.5 Å². The SMILES string of the molecule is O=C(O)c1cc(C(=O)Nc2c(C(=O)O)ccc(-c3ccccc3)c2-c2cnc[nH]2)c(C(=O)O)cc1O. The van der Waals surface area contributed by atoms with E-state index < -0.39 is 46.3 Å². The highest BCUT2D eigenvalue weighted by atomic mass is 16.4. The van der Waals surface area contributed by atoms with Crippen molar-refractivity contribution in [2.45, 2.75) is 0 Å². The van der Waals surface area contributed by atoms with E-state index in [-0.39, 0.29) is 16.8 Å². The quantitative estimate of drug-likeness (QED) is 0.225. The first-order chi connectivity index (χ1) is 17.2. The molecule has 0 aliphatic heterocycles. The number of hydrogen-bond acceptors (Lipinski definition) is 6. The van der Waals surface area contributed by atoms with E-state index in [2.05, 4.69) is 15.3 Å². The zero-order chi connectivity index (χ0) is 26.0. The molecule has 11 heteroatoms. The molecule has 0 radical (unpaired) electrons. The van der Waals surface area contributed by atoms with Crippen molar-refractivity contribution in [3.8, 4) is 28.1 Å². The smallest absolute Gasteiger partial charge is 0.339 e. The number of carbonyl (C=O) groups excluding carboxylic acids is 1. The van der Waals surface area contributed by atoms with Gasteiger partial charge in [-0.05, 0) is 29.3 Å². The Kier molecular flexibility index (Phi) is 6.21. The largest absolute Gasteiger partial charge is 0.507 e. The van der Waals surface area contributed by atoms with Gasteiger partial charge >= 0.3 is 17.9 Å². The number of nitrogens with one attached hydrogen (secondary N) is 2. The van der Waals surface area contributed by atoms with E-state index in [9.17, 15) is 39.6 Å². The highest BCUT2D eigenvalue weighted by Gasteiger charge is 2.26. The van der Waals surface area contributed by atoms with Gasteiger partial charge in [-0.1, -0.05) is 36.4 Å². The minimum absolute atomic E-state index is 0.167. The van der Waals surface area contributed by atoms with E-state index >= 15 is 0 Å². The number of imidazole rings is 1. The number of carboxylic acids is 3. The third-order valence-electron chi connectivity index (χ3n) is 5.37. The molecule has 6 N–H and O–H groups in total. The number of rotatable bonds is 7. The van der Waals surface area contributed by atoms with E-state index in [1.807, 2.05) is 0 Å². The lowest BCUT2D eigenvalue weighted by atomic mass is 9.93. The lowest BCUT2D eigenvalue weighted by Crippen LogP contribution is -2.20. The normalized spacial score (nSPS) is 10.6. The van der Waals surface area contributed by atoms with Gasteiger partial charge < -0.3 is 30.7 Å². The number of carboxylic acid groups (broad SMARTS) is 3. The predicted molar refractivity (Wildman–Crippen MR) is 126 cm³/mol. The van der Waals surface area contributed by atoms with Crippen molar-refractivity contribution in [3.05, 3.63) is 89.4 Å². The Morgan fingerprint density at radius 2 is 1.44 bits per heavy atom. The van der Waals surface area contributed by atoms with Crippen molar-refractivity contribution in [2.24, 2.45) is 0 Å². The van der Waals surface area contributed by atoms with Crippen LogP contribution in [-0.2, 0) is 0 Å². The number of benzene rings is 3. The van der Waals surface area contributed by atoms with E-state index in [4.69, 9.17) is 0 Å². The molecule has 4 rings (SSSR count). The Balaban J connectivity index is 1.96. The van der Waals surface area contributed by atoms with Crippen LogP contribution in [0.3, 0.4) is 0 Å². The number of nitrogens with zero attached hydrogens (tertiary/aromatic N) is 1. The monoisotopic (exact) mass is 487 g/mol. The Bertz CT molecular complexity index is 1510. The van der Waals surface area contributed by atoms with Crippen molar-refractivity contribution in [1.82, 2.24) is 9.97 Å². The highest BCUT2D eigenvalue weighted by molar-refractivity contribution is 6.16. The first-order valence-electron chi connectivity index (χ1n) is 10.3. The van der Waals surface area contributed by atoms with Gasteiger partial charge in [-0.3, -0.25) is 4.79 Å². The number of phenols is 1. The zero-order valence-corrected chi connectivity index (χ0v) is 18.2. The van der Waals surface area contributed by atoms with Crippen LogP contribution < -0.4 is 5.32 Å². The van der Waals surface area contributed by atoms with Gasteiger partial charge in [-0.15, -0.1) is 0 Å². The molecule has 1 heterocycles. The molecule has 0 saturated heterocycles. The van der Waals surface area contributed by atoms with Crippen LogP contribution in [-0.4, -0.2) is 54.2 Å². The number of H-pyrrole nitrogens is 1. The third-order valence-corrected chi connectivity index (χ3v) is 5.37. The molecule has 0 atom stereocenters. The number of aromatic hydroxyl groups is 1.